The predicted octanol–water partition coefficient (Wildman–Crippen LogP) is 3.98. The van der Waals surface area contributed by atoms with E-state index in [1.54, 1.807) is 6.07 Å². The van der Waals surface area contributed by atoms with Gasteiger partial charge in [0, 0.05) is 5.56 Å². The zero-order chi connectivity index (χ0) is 15.6. The number of nitrogens with zero attached hydrogens (tertiary/aromatic N) is 1. The summed E-state index contributed by atoms with van der Waals surface area (Å²) >= 11 is 11.7. The highest BCUT2D eigenvalue weighted by atomic mass is 35.5. The average Bonchev–Trinajstić information content (AvgIpc) is 2.40. The first kappa shape index (κ1) is 15.8. The molecule has 7 heteroatoms. The minimum atomic E-state index is -3.90. The Labute approximate surface area is 131 Å². The molecule has 0 saturated heterocycles. The maximum absolute atomic E-state index is 13.8. The molecule has 0 bridgehead atoms. The Morgan fingerprint density at radius 1 is 1.14 bits per heavy atom. The standard InChI is InChI=1S/C14H8Cl2FNO2S/c15-11-2-1-3-12(16)14(11)21(19,20)8-10-5-4-9(7-18)6-13(10)17/h1-6H,8H2. The van der Waals surface area contributed by atoms with Crippen LogP contribution in [0.25, 0.3) is 0 Å². The fourth-order valence-electron chi connectivity index (χ4n) is 1.79. The molecule has 0 N–H and O–H groups in total. The van der Waals surface area contributed by atoms with Crippen molar-refractivity contribution < 1.29 is 12.8 Å². The van der Waals surface area contributed by atoms with Gasteiger partial charge < -0.3 is 0 Å². The molecule has 0 aliphatic rings. The lowest BCUT2D eigenvalue weighted by atomic mass is 10.1. The molecular weight excluding hydrogens is 336 g/mol. The Bertz CT molecular complexity index is 824. The Morgan fingerprint density at radius 2 is 1.76 bits per heavy atom. The Balaban J connectivity index is 2.46. The summed E-state index contributed by atoms with van der Waals surface area (Å²) < 4.78 is 38.5. The smallest absolute Gasteiger partial charge is 0.185 e. The maximum atomic E-state index is 13.8. The molecule has 0 heterocycles. The third-order valence-electron chi connectivity index (χ3n) is 2.76. The van der Waals surface area contributed by atoms with E-state index in [1.807, 2.05) is 0 Å². The van der Waals surface area contributed by atoms with Crippen molar-refractivity contribution in [2.45, 2.75) is 10.6 Å². The van der Waals surface area contributed by atoms with Gasteiger partial charge in [-0.2, -0.15) is 5.26 Å². The van der Waals surface area contributed by atoms with Gasteiger partial charge in [-0.3, -0.25) is 0 Å². The summed E-state index contributed by atoms with van der Waals surface area (Å²) in [5.74, 6) is -1.35. The third kappa shape index (κ3) is 3.35. The number of benzene rings is 2. The van der Waals surface area contributed by atoms with Crippen LogP contribution in [0.1, 0.15) is 11.1 Å². The molecule has 0 amide bonds. The SMILES string of the molecule is N#Cc1ccc(CS(=O)(=O)c2c(Cl)cccc2Cl)c(F)c1. The largest absolute Gasteiger partial charge is 0.223 e. The quantitative estimate of drug-likeness (QED) is 0.846. The van der Waals surface area contributed by atoms with Gasteiger partial charge in [0.1, 0.15) is 10.7 Å². The van der Waals surface area contributed by atoms with Crippen LogP contribution in [0.2, 0.25) is 10.0 Å². The minimum Gasteiger partial charge on any atom is -0.223 e. The monoisotopic (exact) mass is 343 g/mol. The number of halogens is 3. The number of hydrogen-bond acceptors (Lipinski definition) is 3. The maximum Gasteiger partial charge on any atom is 0.185 e. The van der Waals surface area contributed by atoms with Crippen molar-refractivity contribution in [1.29, 1.82) is 5.26 Å². The average molecular weight is 344 g/mol. The first-order valence-corrected chi connectivity index (χ1v) is 8.11. The highest BCUT2D eigenvalue weighted by Crippen LogP contribution is 2.31. The van der Waals surface area contributed by atoms with Gasteiger partial charge in [-0.05, 0) is 24.3 Å². The lowest BCUT2D eigenvalue weighted by molar-refractivity contribution is 0.587. The molecule has 2 rings (SSSR count). The van der Waals surface area contributed by atoms with Crippen LogP contribution in [-0.2, 0) is 15.6 Å². The van der Waals surface area contributed by atoms with Crippen molar-refractivity contribution >= 4 is 33.0 Å². The van der Waals surface area contributed by atoms with Crippen LogP contribution in [0.3, 0.4) is 0 Å². The van der Waals surface area contributed by atoms with E-state index < -0.39 is 21.4 Å². The van der Waals surface area contributed by atoms with Gasteiger partial charge >= 0.3 is 0 Å². The first-order valence-electron chi connectivity index (χ1n) is 5.70. The summed E-state index contributed by atoms with van der Waals surface area (Å²) in [5, 5.41) is 8.63. The molecule has 0 atom stereocenters. The van der Waals surface area contributed by atoms with Crippen LogP contribution in [0, 0.1) is 17.1 Å². The Morgan fingerprint density at radius 3 is 2.29 bits per heavy atom. The van der Waals surface area contributed by atoms with E-state index in [4.69, 9.17) is 28.5 Å². The van der Waals surface area contributed by atoms with Crippen molar-refractivity contribution in [3.8, 4) is 6.07 Å². The molecule has 3 nitrogen and oxygen atoms in total. The molecule has 0 aromatic heterocycles. The van der Waals surface area contributed by atoms with Crippen molar-refractivity contribution in [1.82, 2.24) is 0 Å². The number of nitriles is 1. The van der Waals surface area contributed by atoms with Gasteiger partial charge in [0.25, 0.3) is 0 Å². The van der Waals surface area contributed by atoms with E-state index in [0.717, 1.165) is 6.07 Å². The molecule has 108 valence electrons. The van der Waals surface area contributed by atoms with Gasteiger partial charge in [0.2, 0.25) is 0 Å². The lowest BCUT2D eigenvalue weighted by Gasteiger charge is -2.09. The summed E-state index contributed by atoms with van der Waals surface area (Å²) in [6.45, 7) is 0. The normalized spacial score (nSPS) is 11.1. The summed E-state index contributed by atoms with van der Waals surface area (Å²) in [6, 6.07) is 9.69. The molecule has 0 radical (unpaired) electrons. The van der Waals surface area contributed by atoms with Crippen LogP contribution in [-0.4, -0.2) is 8.42 Å². The van der Waals surface area contributed by atoms with Gasteiger partial charge in [-0.25, -0.2) is 12.8 Å². The zero-order valence-corrected chi connectivity index (χ0v) is 12.8. The number of hydrogen-bond donors (Lipinski definition) is 0. The minimum absolute atomic E-state index is 0.0171. The summed E-state index contributed by atoms with van der Waals surface area (Å²) in [5.41, 5.74) is 0.0643. The molecule has 0 saturated carbocycles. The number of rotatable bonds is 3. The summed E-state index contributed by atoms with van der Waals surface area (Å²) in [7, 11) is -3.90. The Kier molecular flexibility index (Phi) is 4.52. The predicted molar refractivity (Wildman–Crippen MR) is 78.5 cm³/mol. The topological polar surface area (TPSA) is 57.9 Å². The molecule has 0 spiro atoms. The second kappa shape index (κ2) is 6.02. The highest BCUT2D eigenvalue weighted by Gasteiger charge is 2.23. The van der Waals surface area contributed by atoms with Gasteiger partial charge in [0.15, 0.2) is 9.84 Å². The van der Waals surface area contributed by atoms with E-state index in [0.29, 0.717) is 0 Å². The first-order chi connectivity index (χ1) is 9.85. The van der Waals surface area contributed by atoms with Gasteiger partial charge in [-0.1, -0.05) is 35.3 Å². The molecule has 0 unspecified atom stereocenters. The highest BCUT2D eigenvalue weighted by molar-refractivity contribution is 7.90. The summed E-state index contributed by atoms with van der Waals surface area (Å²) in [6.07, 6.45) is 0. The van der Waals surface area contributed by atoms with E-state index in [-0.39, 0.29) is 26.1 Å². The second-order valence-corrected chi connectivity index (χ2v) is 6.97. The van der Waals surface area contributed by atoms with Crippen molar-refractivity contribution in [2.75, 3.05) is 0 Å². The van der Waals surface area contributed by atoms with E-state index in [2.05, 4.69) is 0 Å². The van der Waals surface area contributed by atoms with E-state index >= 15 is 0 Å². The second-order valence-electron chi connectivity index (χ2n) is 4.23. The van der Waals surface area contributed by atoms with Crippen LogP contribution in [0.4, 0.5) is 4.39 Å². The van der Waals surface area contributed by atoms with Crippen LogP contribution < -0.4 is 0 Å². The number of sulfone groups is 1. The third-order valence-corrected chi connectivity index (χ3v) is 5.36. The van der Waals surface area contributed by atoms with Crippen LogP contribution >= 0.6 is 23.2 Å². The Hall–Kier alpha value is -1.61. The molecule has 0 aliphatic carbocycles. The fraction of sp³-hybridized carbons (Fsp3) is 0.0714. The van der Waals surface area contributed by atoms with Gasteiger partial charge in [0.05, 0.1) is 27.4 Å². The fourth-order valence-corrected chi connectivity index (χ4v) is 4.41. The van der Waals surface area contributed by atoms with Crippen LogP contribution in [0.15, 0.2) is 41.3 Å². The summed E-state index contributed by atoms with van der Waals surface area (Å²) in [4.78, 5) is -0.225. The lowest BCUT2D eigenvalue weighted by Crippen LogP contribution is -2.08. The van der Waals surface area contributed by atoms with Crippen LogP contribution in [0.5, 0.6) is 0 Å². The molecule has 2 aromatic carbocycles. The van der Waals surface area contributed by atoms with Crippen molar-refractivity contribution in [3.05, 3.63) is 63.4 Å². The zero-order valence-electron chi connectivity index (χ0n) is 10.5. The molecular formula is C14H8Cl2FNO2S. The molecule has 2 aromatic rings. The van der Waals surface area contributed by atoms with E-state index in [9.17, 15) is 12.8 Å². The van der Waals surface area contributed by atoms with Crippen molar-refractivity contribution in [2.24, 2.45) is 0 Å². The molecule has 21 heavy (non-hydrogen) atoms. The van der Waals surface area contributed by atoms with Crippen molar-refractivity contribution in [3.63, 3.8) is 0 Å². The molecule has 0 aliphatic heterocycles. The molecule has 0 fully saturated rings. The van der Waals surface area contributed by atoms with Gasteiger partial charge in [-0.15, -0.1) is 0 Å². The van der Waals surface area contributed by atoms with E-state index in [1.165, 1.54) is 30.3 Å².